The Bertz CT molecular complexity index is 458. The summed E-state index contributed by atoms with van der Waals surface area (Å²) in [7, 11) is 0. The van der Waals surface area contributed by atoms with Crippen LogP contribution in [0.15, 0.2) is 37.4 Å². The van der Waals surface area contributed by atoms with E-state index in [1.807, 2.05) is 37.4 Å². The quantitative estimate of drug-likeness (QED) is 0.515. The number of nitrogens with one attached hydrogen (secondary N) is 1. The van der Waals surface area contributed by atoms with E-state index in [0.29, 0.717) is 0 Å². The highest BCUT2D eigenvalue weighted by molar-refractivity contribution is 4.85. The number of hydrogen-bond acceptors (Lipinski definition) is 3. The summed E-state index contributed by atoms with van der Waals surface area (Å²) < 4.78 is 4.13. The van der Waals surface area contributed by atoms with Crippen molar-refractivity contribution in [3.05, 3.63) is 37.4 Å². The van der Waals surface area contributed by atoms with E-state index in [-0.39, 0.29) is 6.29 Å². The Morgan fingerprint density at radius 3 is 1.71 bits per heavy atom. The van der Waals surface area contributed by atoms with Gasteiger partial charge in [-0.15, -0.1) is 0 Å². The first-order chi connectivity index (χ1) is 11.9. The molecule has 5 nitrogen and oxygen atoms in total. The van der Waals surface area contributed by atoms with Crippen molar-refractivity contribution in [1.29, 1.82) is 0 Å². The molecule has 0 bridgehead atoms. The third kappa shape index (κ3) is 6.87. The molecular formula is C19H33N5. The Kier molecular flexibility index (Phi) is 9.24. The molecule has 0 atom stereocenters. The molecule has 5 heteroatoms. The number of rotatable bonds is 14. The molecule has 0 unspecified atom stereocenters. The molecule has 0 aliphatic heterocycles. The van der Waals surface area contributed by atoms with E-state index < -0.39 is 0 Å². The Balaban J connectivity index is 1.54. The number of nitrogens with zero attached hydrogens (tertiary/aromatic N) is 4. The van der Waals surface area contributed by atoms with Crippen molar-refractivity contribution >= 4 is 0 Å². The molecule has 0 saturated heterocycles. The average Bonchev–Trinajstić information content (AvgIpc) is 3.30. The summed E-state index contributed by atoms with van der Waals surface area (Å²) in [4.78, 5) is 8.29. The lowest BCUT2D eigenvalue weighted by atomic mass is 10.1. The summed E-state index contributed by atoms with van der Waals surface area (Å²) in [5.41, 5.74) is 0. The standard InChI is InChI=1S/C19H33N5/c1-2-3-4-5-6-7-8-9-10-11-12-22-19(23-15-13-20-17-23)24-16-14-21-18-24/h13-19,22H,2-12H2,1H3. The van der Waals surface area contributed by atoms with E-state index in [1.165, 1.54) is 64.2 Å². The summed E-state index contributed by atoms with van der Waals surface area (Å²) in [6.07, 6.45) is 25.0. The topological polar surface area (TPSA) is 47.7 Å². The summed E-state index contributed by atoms with van der Waals surface area (Å²) in [5, 5.41) is 3.60. The number of aromatic nitrogens is 4. The minimum atomic E-state index is 0.0635. The average molecular weight is 332 g/mol. The smallest absolute Gasteiger partial charge is 0.167 e. The number of hydrogen-bond donors (Lipinski definition) is 1. The van der Waals surface area contributed by atoms with E-state index in [1.54, 1.807) is 0 Å². The van der Waals surface area contributed by atoms with E-state index >= 15 is 0 Å². The SMILES string of the molecule is CCCCCCCCCCCCNC(n1ccnc1)n1ccnc1. The molecule has 0 aliphatic rings. The second kappa shape index (κ2) is 11.8. The van der Waals surface area contributed by atoms with Crippen LogP contribution >= 0.6 is 0 Å². The minimum absolute atomic E-state index is 0.0635. The van der Waals surface area contributed by atoms with Gasteiger partial charge in [-0.05, 0) is 13.0 Å². The maximum absolute atomic E-state index is 4.15. The molecule has 2 aromatic rings. The molecule has 0 aromatic carbocycles. The van der Waals surface area contributed by atoms with E-state index in [2.05, 4.69) is 31.3 Å². The predicted molar refractivity (Wildman–Crippen MR) is 98.7 cm³/mol. The third-order valence-corrected chi connectivity index (χ3v) is 4.47. The first-order valence-electron chi connectivity index (χ1n) is 9.60. The Labute approximate surface area is 146 Å². The molecule has 24 heavy (non-hydrogen) atoms. The molecule has 0 fully saturated rings. The zero-order valence-electron chi connectivity index (χ0n) is 15.1. The highest BCUT2D eigenvalue weighted by atomic mass is 15.4. The molecule has 0 amide bonds. The Morgan fingerprint density at radius 1 is 0.750 bits per heavy atom. The lowest BCUT2D eigenvalue weighted by Gasteiger charge is -2.21. The first kappa shape index (κ1) is 18.7. The molecule has 2 rings (SSSR count). The van der Waals surface area contributed by atoms with Gasteiger partial charge >= 0.3 is 0 Å². The first-order valence-corrected chi connectivity index (χ1v) is 9.60. The lowest BCUT2D eigenvalue weighted by Crippen LogP contribution is -2.32. The molecule has 0 saturated carbocycles. The van der Waals surface area contributed by atoms with Crippen LogP contribution in [0, 0.1) is 0 Å². The summed E-state index contributed by atoms with van der Waals surface area (Å²) >= 11 is 0. The summed E-state index contributed by atoms with van der Waals surface area (Å²) in [6, 6.07) is 0. The summed E-state index contributed by atoms with van der Waals surface area (Å²) in [6.45, 7) is 3.29. The highest BCUT2D eigenvalue weighted by Gasteiger charge is 2.10. The molecule has 0 spiro atoms. The van der Waals surface area contributed by atoms with Crippen LogP contribution in [0.2, 0.25) is 0 Å². The largest absolute Gasteiger partial charge is 0.303 e. The van der Waals surface area contributed by atoms with Gasteiger partial charge in [0.15, 0.2) is 6.29 Å². The second-order valence-corrected chi connectivity index (χ2v) is 6.53. The van der Waals surface area contributed by atoms with Crippen molar-refractivity contribution in [2.75, 3.05) is 6.54 Å². The van der Waals surface area contributed by atoms with Crippen LogP contribution in [0.4, 0.5) is 0 Å². The monoisotopic (exact) mass is 331 g/mol. The zero-order chi connectivity index (χ0) is 16.9. The van der Waals surface area contributed by atoms with Gasteiger partial charge in [-0.3, -0.25) is 5.32 Å². The highest BCUT2D eigenvalue weighted by Crippen LogP contribution is 2.11. The molecule has 0 aliphatic carbocycles. The van der Waals surface area contributed by atoms with E-state index in [9.17, 15) is 0 Å². The number of imidazole rings is 2. The van der Waals surface area contributed by atoms with Gasteiger partial charge in [0, 0.05) is 24.8 Å². The molecule has 1 N–H and O–H groups in total. The van der Waals surface area contributed by atoms with Gasteiger partial charge in [-0.1, -0.05) is 64.7 Å². The van der Waals surface area contributed by atoms with Gasteiger partial charge in [0.25, 0.3) is 0 Å². The zero-order valence-corrected chi connectivity index (χ0v) is 15.1. The van der Waals surface area contributed by atoms with Crippen LogP contribution in [-0.4, -0.2) is 25.6 Å². The summed E-state index contributed by atoms with van der Waals surface area (Å²) in [5.74, 6) is 0. The normalized spacial score (nSPS) is 11.4. The minimum Gasteiger partial charge on any atom is -0.303 e. The molecule has 0 radical (unpaired) electrons. The van der Waals surface area contributed by atoms with Crippen molar-refractivity contribution < 1.29 is 0 Å². The van der Waals surface area contributed by atoms with Crippen molar-refractivity contribution in [2.24, 2.45) is 0 Å². The van der Waals surface area contributed by atoms with Crippen LogP contribution in [-0.2, 0) is 0 Å². The number of unbranched alkanes of at least 4 members (excludes halogenated alkanes) is 9. The maximum atomic E-state index is 4.15. The van der Waals surface area contributed by atoms with Crippen molar-refractivity contribution in [2.45, 2.75) is 77.4 Å². The molecule has 2 heterocycles. The maximum Gasteiger partial charge on any atom is 0.167 e. The van der Waals surface area contributed by atoms with E-state index in [4.69, 9.17) is 0 Å². The van der Waals surface area contributed by atoms with Crippen molar-refractivity contribution in [1.82, 2.24) is 24.4 Å². The second-order valence-electron chi connectivity index (χ2n) is 6.53. The fraction of sp³-hybridized carbons (Fsp3) is 0.684. The van der Waals surface area contributed by atoms with Crippen LogP contribution in [0.5, 0.6) is 0 Å². The predicted octanol–water partition coefficient (Wildman–Crippen LogP) is 4.59. The Morgan fingerprint density at radius 2 is 1.25 bits per heavy atom. The van der Waals surface area contributed by atoms with Gasteiger partial charge in [0.05, 0.1) is 12.7 Å². The lowest BCUT2D eigenvalue weighted by molar-refractivity contribution is 0.342. The van der Waals surface area contributed by atoms with Crippen molar-refractivity contribution in [3.8, 4) is 0 Å². The van der Waals surface area contributed by atoms with Crippen LogP contribution in [0.3, 0.4) is 0 Å². The van der Waals surface area contributed by atoms with E-state index in [0.717, 1.165) is 6.54 Å². The van der Waals surface area contributed by atoms with Crippen molar-refractivity contribution in [3.63, 3.8) is 0 Å². The van der Waals surface area contributed by atoms with Gasteiger partial charge in [-0.25, -0.2) is 9.97 Å². The third-order valence-electron chi connectivity index (χ3n) is 4.47. The van der Waals surface area contributed by atoms with Gasteiger partial charge in [-0.2, -0.15) is 0 Å². The van der Waals surface area contributed by atoms with Crippen LogP contribution in [0.1, 0.15) is 77.4 Å². The van der Waals surface area contributed by atoms with Gasteiger partial charge in [0.1, 0.15) is 0 Å². The molecular weight excluding hydrogens is 298 g/mol. The molecule has 2 aromatic heterocycles. The van der Waals surface area contributed by atoms with Gasteiger partial charge < -0.3 is 9.13 Å². The van der Waals surface area contributed by atoms with Crippen LogP contribution in [0.25, 0.3) is 0 Å². The molecule has 134 valence electrons. The van der Waals surface area contributed by atoms with Gasteiger partial charge in [0.2, 0.25) is 0 Å². The Hall–Kier alpha value is -1.62. The fourth-order valence-corrected chi connectivity index (χ4v) is 3.04. The fourth-order valence-electron chi connectivity index (χ4n) is 3.04. The van der Waals surface area contributed by atoms with Crippen LogP contribution < -0.4 is 5.32 Å².